The van der Waals surface area contributed by atoms with Crippen molar-refractivity contribution >= 4 is 11.8 Å². The van der Waals surface area contributed by atoms with Crippen molar-refractivity contribution in [1.82, 2.24) is 0 Å². The molecule has 0 spiro atoms. The van der Waals surface area contributed by atoms with E-state index in [0.717, 1.165) is 0 Å². The van der Waals surface area contributed by atoms with Crippen LogP contribution in [0.2, 0.25) is 0 Å². The topological polar surface area (TPSA) is 69.9 Å². The highest BCUT2D eigenvalue weighted by atomic mass is 32.2. The van der Waals surface area contributed by atoms with E-state index in [4.69, 9.17) is 9.84 Å². The molecule has 5 heteroatoms. The van der Waals surface area contributed by atoms with E-state index in [1.54, 1.807) is 0 Å². The minimum absolute atomic E-state index is 0.203. The van der Waals surface area contributed by atoms with E-state index in [1.807, 2.05) is 6.26 Å². The molecule has 1 rings (SSSR count). The minimum atomic E-state index is -0.756. The van der Waals surface area contributed by atoms with Crippen LogP contribution in [0.1, 0.15) is 6.42 Å². The molecule has 1 saturated heterocycles. The summed E-state index contributed by atoms with van der Waals surface area (Å²) in [6.45, 7) is -0.203. The lowest BCUT2D eigenvalue weighted by molar-refractivity contribution is -0.149. The molecule has 0 aromatic heterocycles. The number of hydrogen-bond acceptors (Lipinski definition) is 5. The summed E-state index contributed by atoms with van der Waals surface area (Å²) in [4.78, 5) is 0. The Balaban J connectivity index is 2.50. The van der Waals surface area contributed by atoms with Gasteiger partial charge in [-0.3, -0.25) is 0 Å². The van der Waals surface area contributed by atoms with Crippen LogP contribution >= 0.6 is 11.8 Å². The van der Waals surface area contributed by atoms with Gasteiger partial charge in [-0.2, -0.15) is 0 Å². The Morgan fingerprint density at radius 3 is 2.58 bits per heavy atom. The molecule has 0 radical (unpaired) electrons. The maximum Gasteiger partial charge on any atom is 0.129 e. The third-order valence-corrected chi connectivity index (χ3v) is 2.84. The zero-order valence-corrected chi connectivity index (χ0v) is 7.70. The maximum absolute atomic E-state index is 9.37. The van der Waals surface area contributed by atoms with Crippen LogP contribution in [0.5, 0.6) is 0 Å². The molecule has 1 heterocycles. The molecule has 4 nitrogen and oxygen atoms in total. The Hall–Kier alpha value is 0.190. The van der Waals surface area contributed by atoms with Crippen molar-refractivity contribution in [3.8, 4) is 0 Å². The number of aliphatic hydroxyl groups is 3. The standard InChI is InChI=1S/C7H14O4S/c1-12-7-5(10)2-4(9)6(3-8)11-7/h4-10H,2-3H2,1H3/t4-,5?,6?,7+/m1/s1. The van der Waals surface area contributed by atoms with E-state index < -0.39 is 18.3 Å². The average molecular weight is 194 g/mol. The van der Waals surface area contributed by atoms with Gasteiger partial charge in [-0.1, -0.05) is 0 Å². The van der Waals surface area contributed by atoms with E-state index in [0.29, 0.717) is 0 Å². The normalized spacial score (nSPS) is 43.0. The van der Waals surface area contributed by atoms with Gasteiger partial charge in [0, 0.05) is 6.42 Å². The fourth-order valence-corrected chi connectivity index (χ4v) is 1.92. The molecule has 0 aromatic rings. The highest BCUT2D eigenvalue weighted by molar-refractivity contribution is 7.99. The van der Waals surface area contributed by atoms with Gasteiger partial charge >= 0.3 is 0 Å². The lowest BCUT2D eigenvalue weighted by atomic mass is 10.0. The fraction of sp³-hybridized carbons (Fsp3) is 1.00. The summed E-state index contributed by atoms with van der Waals surface area (Å²) >= 11 is 1.38. The molecule has 1 fully saturated rings. The van der Waals surface area contributed by atoms with Gasteiger partial charge in [-0.25, -0.2) is 0 Å². The number of hydrogen-bond donors (Lipinski definition) is 3. The molecule has 2 unspecified atom stereocenters. The summed E-state index contributed by atoms with van der Waals surface area (Å²) in [5, 5.41) is 27.4. The lowest BCUT2D eigenvalue weighted by Crippen LogP contribution is -2.47. The van der Waals surface area contributed by atoms with Crippen LogP contribution in [0.3, 0.4) is 0 Å². The van der Waals surface area contributed by atoms with Crippen LogP contribution in [-0.2, 0) is 4.74 Å². The molecular formula is C7H14O4S. The first-order chi connectivity index (χ1) is 5.69. The minimum Gasteiger partial charge on any atom is -0.394 e. The van der Waals surface area contributed by atoms with Crippen LogP contribution in [0.4, 0.5) is 0 Å². The van der Waals surface area contributed by atoms with Gasteiger partial charge in [-0.05, 0) is 6.26 Å². The molecule has 1 aliphatic heterocycles. The molecule has 4 atom stereocenters. The van der Waals surface area contributed by atoms with E-state index in [2.05, 4.69) is 0 Å². The second-order valence-electron chi connectivity index (χ2n) is 2.83. The van der Waals surface area contributed by atoms with Crippen LogP contribution in [-0.4, -0.2) is 51.9 Å². The molecule has 1 aliphatic rings. The van der Waals surface area contributed by atoms with Gasteiger partial charge < -0.3 is 20.1 Å². The summed E-state index contributed by atoms with van der Waals surface area (Å²) < 4.78 is 5.22. The van der Waals surface area contributed by atoms with Crippen molar-refractivity contribution < 1.29 is 20.1 Å². The first kappa shape index (κ1) is 10.3. The molecule has 3 N–H and O–H groups in total. The van der Waals surface area contributed by atoms with Gasteiger partial charge in [0.1, 0.15) is 11.5 Å². The molecule has 0 aliphatic carbocycles. The van der Waals surface area contributed by atoms with Crippen LogP contribution in [0, 0.1) is 0 Å². The first-order valence-electron chi connectivity index (χ1n) is 3.84. The Labute approximate surface area is 75.5 Å². The molecule has 12 heavy (non-hydrogen) atoms. The number of ether oxygens (including phenoxy) is 1. The summed E-state index contributed by atoms with van der Waals surface area (Å²) in [7, 11) is 0. The average Bonchev–Trinajstić information content (AvgIpc) is 2.05. The third kappa shape index (κ3) is 2.11. The summed E-state index contributed by atoms with van der Waals surface area (Å²) in [5.41, 5.74) is -0.328. The Kier molecular flexibility index (Phi) is 3.79. The third-order valence-electron chi connectivity index (χ3n) is 1.95. The van der Waals surface area contributed by atoms with Crippen LogP contribution in [0.25, 0.3) is 0 Å². The number of aliphatic hydroxyl groups excluding tert-OH is 3. The number of rotatable bonds is 2. The molecule has 0 aromatic carbocycles. The molecule has 0 amide bonds. The highest BCUT2D eigenvalue weighted by Crippen LogP contribution is 2.25. The zero-order chi connectivity index (χ0) is 9.14. The zero-order valence-electron chi connectivity index (χ0n) is 6.88. The van der Waals surface area contributed by atoms with Gasteiger partial charge in [0.05, 0.1) is 18.8 Å². The SMILES string of the molecule is CS[C@@H]1OC(CO)[C@H](O)CC1O. The second kappa shape index (κ2) is 4.43. The van der Waals surface area contributed by atoms with Gasteiger partial charge in [0.25, 0.3) is 0 Å². The van der Waals surface area contributed by atoms with Gasteiger partial charge in [-0.15, -0.1) is 11.8 Å². The van der Waals surface area contributed by atoms with E-state index >= 15 is 0 Å². The quantitative estimate of drug-likeness (QED) is 0.536. The Bertz CT molecular complexity index is 129. The first-order valence-corrected chi connectivity index (χ1v) is 5.13. The van der Waals surface area contributed by atoms with Crippen molar-refractivity contribution in [3.05, 3.63) is 0 Å². The smallest absolute Gasteiger partial charge is 0.129 e. The molecule has 0 saturated carbocycles. The van der Waals surface area contributed by atoms with Crippen molar-refractivity contribution in [2.24, 2.45) is 0 Å². The van der Waals surface area contributed by atoms with Crippen molar-refractivity contribution in [3.63, 3.8) is 0 Å². The monoisotopic (exact) mass is 194 g/mol. The summed E-state index contributed by atoms with van der Waals surface area (Å²) in [6.07, 6.45) is 0.147. The second-order valence-corrected chi connectivity index (χ2v) is 3.77. The van der Waals surface area contributed by atoms with Crippen LogP contribution in [0.15, 0.2) is 0 Å². The largest absolute Gasteiger partial charge is 0.394 e. The lowest BCUT2D eigenvalue weighted by Gasteiger charge is -2.35. The molecule has 72 valence electrons. The fourth-order valence-electron chi connectivity index (χ4n) is 1.24. The molecule has 0 bridgehead atoms. The van der Waals surface area contributed by atoms with E-state index in [1.165, 1.54) is 11.8 Å². The summed E-state index contributed by atoms with van der Waals surface area (Å²) in [5.74, 6) is 0. The van der Waals surface area contributed by atoms with E-state index in [9.17, 15) is 10.2 Å². The van der Waals surface area contributed by atoms with E-state index in [-0.39, 0.29) is 18.5 Å². The Morgan fingerprint density at radius 2 is 2.08 bits per heavy atom. The summed E-state index contributed by atoms with van der Waals surface area (Å²) in [6, 6.07) is 0. The van der Waals surface area contributed by atoms with Gasteiger partial charge in [0.2, 0.25) is 0 Å². The van der Waals surface area contributed by atoms with Gasteiger partial charge in [0.15, 0.2) is 0 Å². The predicted molar refractivity (Wildman–Crippen MR) is 45.9 cm³/mol. The Morgan fingerprint density at radius 1 is 1.42 bits per heavy atom. The predicted octanol–water partition coefficient (Wildman–Crippen LogP) is -0.822. The van der Waals surface area contributed by atoms with Crippen molar-refractivity contribution in [2.75, 3.05) is 12.9 Å². The van der Waals surface area contributed by atoms with Crippen molar-refractivity contribution in [2.45, 2.75) is 30.2 Å². The highest BCUT2D eigenvalue weighted by Gasteiger charge is 2.35. The maximum atomic E-state index is 9.37. The number of thioether (sulfide) groups is 1. The van der Waals surface area contributed by atoms with Crippen molar-refractivity contribution in [1.29, 1.82) is 0 Å². The molecular weight excluding hydrogens is 180 g/mol. The van der Waals surface area contributed by atoms with Crippen LogP contribution < -0.4 is 0 Å².